The fraction of sp³-hybridized carbons (Fsp3) is 0.125. The summed E-state index contributed by atoms with van der Waals surface area (Å²) in [6.07, 6.45) is 1.63. The molecular weight excluding hydrogens is 432 g/mol. The van der Waals surface area contributed by atoms with Crippen LogP contribution in [0.5, 0.6) is 0 Å². The van der Waals surface area contributed by atoms with Gasteiger partial charge in [0.15, 0.2) is 0 Å². The highest BCUT2D eigenvalue weighted by Gasteiger charge is 2.18. The van der Waals surface area contributed by atoms with E-state index in [4.69, 9.17) is 16.0 Å². The Morgan fingerprint density at radius 3 is 2.42 bits per heavy atom. The van der Waals surface area contributed by atoms with Crippen molar-refractivity contribution in [1.29, 1.82) is 0 Å². The van der Waals surface area contributed by atoms with Crippen LogP contribution in [-0.2, 0) is 10.0 Å². The van der Waals surface area contributed by atoms with Crippen molar-refractivity contribution in [2.75, 3.05) is 4.72 Å². The normalized spacial score (nSPS) is 11.5. The molecule has 0 unspecified atom stereocenters. The van der Waals surface area contributed by atoms with Gasteiger partial charge in [0.1, 0.15) is 12.0 Å². The molecule has 1 N–H and O–H groups in total. The molecule has 0 saturated heterocycles. The lowest BCUT2D eigenvalue weighted by molar-refractivity contribution is 0.575. The van der Waals surface area contributed by atoms with E-state index in [2.05, 4.69) is 22.7 Å². The molecule has 0 amide bonds. The van der Waals surface area contributed by atoms with Crippen LogP contribution >= 0.6 is 11.6 Å². The zero-order valence-electron chi connectivity index (χ0n) is 17.3. The Balaban J connectivity index is 1.56. The number of anilines is 1. The van der Waals surface area contributed by atoms with Crippen LogP contribution in [0.25, 0.3) is 22.7 Å². The molecule has 1 aromatic heterocycles. The fourth-order valence-corrected chi connectivity index (χ4v) is 4.96. The maximum Gasteiger partial charge on any atom is 0.262 e. The number of benzene rings is 3. The summed E-state index contributed by atoms with van der Waals surface area (Å²) in [4.78, 5) is 4.74. The molecule has 158 valence electrons. The van der Waals surface area contributed by atoms with Crippen molar-refractivity contribution in [1.82, 2.24) is 4.98 Å². The molecular formula is C24H21ClN2O3S. The lowest BCUT2D eigenvalue weighted by atomic mass is 10.0. The van der Waals surface area contributed by atoms with E-state index in [0.29, 0.717) is 22.2 Å². The summed E-state index contributed by atoms with van der Waals surface area (Å²) in [5.74, 6) is 0.468. The van der Waals surface area contributed by atoms with Crippen LogP contribution in [0.1, 0.15) is 16.7 Å². The first-order chi connectivity index (χ1) is 14.7. The maximum absolute atomic E-state index is 12.7. The van der Waals surface area contributed by atoms with E-state index in [1.165, 1.54) is 11.6 Å². The van der Waals surface area contributed by atoms with Gasteiger partial charge in [0.05, 0.1) is 4.90 Å². The smallest absolute Gasteiger partial charge is 0.262 e. The van der Waals surface area contributed by atoms with Gasteiger partial charge in [0.2, 0.25) is 5.89 Å². The topological polar surface area (TPSA) is 72.2 Å². The van der Waals surface area contributed by atoms with Crippen molar-refractivity contribution >= 4 is 27.3 Å². The zero-order chi connectivity index (χ0) is 22.2. The summed E-state index contributed by atoms with van der Waals surface area (Å²) in [5.41, 5.74) is 5.78. The van der Waals surface area contributed by atoms with Crippen LogP contribution in [0.3, 0.4) is 0 Å². The Hall–Kier alpha value is -3.09. The summed E-state index contributed by atoms with van der Waals surface area (Å²) < 4.78 is 33.7. The predicted molar refractivity (Wildman–Crippen MR) is 124 cm³/mol. The number of sulfonamides is 1. The van der Waals surface area contributed by atoms with E-state index >= 15 is 0 Å². The average molecular weight is 453 g/mol. The second kappa shape index (κ2) is 8.21. The highest BCUT2D eigenvalue weighted by molar-refractivity contribution is 7.92. The fourth-order valence-electron chi connectivity index (χ4n) is 3.40. The molecule has 1 heterocycles. The van der Waals surface area contributed by atoms with Crippen LogP contribution < -0.4 is 4.72 Å². The minimum atomic E-state index is -3.76. The number of nitrogens with zero attached hydrogens (tertiary/aromatic N) is 1. The zero-order valence-corrected chi connectivity index (χ0v) is 18.9. The minimum absolute atomic E-state index is 0.148. The Kier molecular flexibility index (Phi) is 5.60. The number of oxazole rings is 1. The second-order valence-electron chi connectivity index (χ2n) is 7.40. The van der Waals surface area contributed by atoms with E-state index in [9.17, 15) is 8.42 Å². The number of hydrogen-bond donors (Lipinski definition) is 1. The maximum atomic E-state index is 12.7. The van der Waals surface area contributed by atoms with Gasteiger partial charge >= 0.3 is 0 Å². The van der Waals surface area contributed by atoms with Crippen molar-refractivity contribution < 1.29 is 12.8 Å². The van der Waals surface area contributed by atoms with Crippen molar-refractivity contribution in [3.05, 3.63) is 88.6 Å². The third kappa shape index (κ3) is 4.36. The minimum Gasteiger partial charge on any atom is -0.444 e. The molecule has 0 atom stereocenters. The summed E-state index contributed by atoms with van der Waals surface area (Å²) in [7, 11) is -3.76. The van der Waals surface area contributed by atoms with E-state index in [1.807, 2.05) is 19.1 Å². The van der Waals surface area contributed by atoms with Crippen LogP contribution in [0, 0.1) is 20.8 Å². The molecule has 5 nitrogen and oxygen atoms in total. The molecule has 3 aromatic carbocycles. The molecule has 0 radical (unpaired) electrons. The van der Waals surface area contributed by atoms with Gasteiger partial charge in [-0.15, -0.1) is 0 Å². The molecule has 4 aromatic rings. The summed E-state index contributed by atoms with van der Waals surface area (Å²) in [5, 5.41) is 0.404. The van der Waals surface area contributed by atoms with Crippen molar-refractivity contribution in [3.63, 3.8) is 0 Å². The van der Waals surface area contributed by atoms with Crippen molar-refractivity contribution in [2.45, 2.75) is 25.7 Å². The van der Waals surface area contributed by atoms with Crippen molar-refractivity contribution in [2.24, 2.45) is 0 Å². The number of rotatable bonds is 5. The first-order valence-electron chi connectivity index (χ1n) is 9.66. The highest BCUT2D eigenvalue weighted by Crippen LogP contribution is 2.29. The van der Waals surface area contributed by atoms with Gasteiger partial charge < -0.3 is 4.42 Å². The number of aromatic nitrogens is 1. The molecule has 0 saturated carbocycles. The molecule has 0 aliphatic rings. The van der Waals surface area contributed by atoms with Gasteiger partial charge in [-0.2, -0.15) is 0 Å². The third-order valence-corrected chi connectivity index (χ3v) is 6.99. The Bertz CT molecular complexity index is 1360. The van der Waals surface area contributed by atoms with E-state index in [1.54, 1.807) is 49.6 Å². The van der Waals surface area contributed by atoms with E-state index in [0.717, 1.165) is 22.4 Å². The Morgan fingerprint density at radius 2 is 1.71 bits per heavy atom. The van der Waals surface area contributed by atoms with Gasteiger partial charge in [0.25, 0.3) is 10.0 Å². The number of aryl methyl sites for hydroxylation is 2. The average Bonchev–Trinajstić information content (AvgIpc) is 3.20. The molecule has 0 aliphatic heterocycles. The summed E-state index contributed by atoms with van der Waals surface area (Å²) >= 11 is 6.07. The van der Waals surface area contributed by atoms with Crippen LogP contribution in [-0.4, -0.2) is 13.4 Å². The molecule has 4 rings (SSSR count). The van der Waals surface area contributed by atoms with Crippen molar-refractivity contribution in [3.8, 4) is 22.7 Å². The number of halogens is 1. The SMILES string of the molecule is Cc1ccc(-c2coc(-c3ccc(NS(=O)(=O)c4cccc(Cl)c4C)cc3)n2)c(C)c1. The van der Waals surface area contributed by atoms with Gasteiger partial charge in [-0.25, -0.2) is 13.4 Å². The quantitative estimate of drug-likeness (QED) is 0.381. The monoisotopic (exact) mass is 452 g/mol. The molecule has 7 heteroatoms. The van der Waals surface area contributed by atoms with Crippen LogP contribution in [0.4, 0.5) is 5.69 Å². The highest BCUT2D eigenvalue weighted by atomic mass is 35.5. The van der Waals surface area contributed by atoms with Gasteiger partial charge in [0, 0.05) is 21.8 Å². The number of hydrogen-bond acceptors (Lipinski definition) is 4. The lowest BCUT2D eigenvalue weighted by Crippen LogP contribution is -2.14. The largest absolute Gasteiger partial charge is 0.444 e. The number of nitrogens with one attached hydrogen (secondary N) is 1. The Morgan fingerprint density at radius 1 is 0.968 bits per heavy atom. The summed E-state index contributed by atoms with van der Waals surface area (Å²) in [6, 6.07) is 17.9. The standard InChI is InChI=1S/C24H21ClN2O3S/c1-15-7-12-20(16(2)13-15)22-14-30-24(26-22)18-8-10-19(11-9-18)27-31(28,29)23-6-4-5-21(25)17(23)3/h4-14,27H,1-3H3. The third-order valence-electron chi connectivity index (χ3n) is 5.05. The summed E-state index contributed by atoms with van der Waals surface area (Å²) in [6.45, 7) is 5.77. The van der Waals surface area contributed by atoms with Gasteiger partial charge in [-0.05, 0) is 68.3 Å². The Labute approximate surface area is 186 Å². The first-order valence-corrected chi connectivity index (χ1v) is 11.5. The van der Waals surface area contributed by atoms with Gasteiger partial charge in [-0.1, -0.05) is 41.4 Å². The molecule has 31 heavy (non-hydrogen) atoms. The predicted octanol–water partition coefficient (Wildman–Crippen LogP) is 6.39. The molecule has 0 spiro atoms. The van der Waals surface area contributed by atoms with Gasteiger partial charge in [-0.3, -0.25) is 4.72 Å². The second-order valence-corrected chi connectivity index (χ2v) is 9.46. The van der Waals surface area contributed by atoms with E-state index in [-0.39, 0.29) is 4.90 Å². The lowest BCUT2D eigenvalue weighted by Gasteiger charge is -2.11. The molecule has 0 fully saturated rings. The van der Waals surface area contributed by atoms with E-state index < -0.39 is 10.0 Å². The molecule has 0 bridgehead atoms. The first kappa shape index (κ1) is 21.2. The van der Waals surface area contributed by atoms with Crippen LogP contribution in [0.2, 0.25) is 5.02 Å². The van der Waals surface area contributed by atoms with Crippen LogP contribution in [0.15, 0.2) is 76.2 Å². The molecule has 0 aliphatic carbocycles.